The van der Waals surface area contributed by atoms with E-state index in [0.717, 1.165) is 24.0 Å². The molecule has 0 amide bonds. The Labute approximate surface area is 152 Å². The van der Waals surface area contributed by atoms with Crippen LogP contribution in [0.4, 0.5) is 12.9 Å². The van der Waals surface area contributed by atoms with Gasteiger partial charge in [0.1, 0.15) is 5.60 Å². The van der Waals surface area contributed by atoms with Crippen LogP contribution in [0.25, 0.3) is 0 Å². The number of nitrogens with zero attached hydrogens (tertiary/aromatic N) is 2. The number of aromatic nitrogens is 2. The van der Waals surface area contributed by atoms with Crippen LogP contribution >= 0.6 is 0 Å². The van der Waals surface area contributed by atoms with Crippen molar-refractivity contribution in [3.63, 3.8) is 0 Å². The van der Waals surface area contributed by atoms with Crippen molar-refractivity contribution >= 4 is 12.9 Å². The number of rotatable bonds is 3. The number of carbonyl (C=O) groups is 1. The maximum atomic E-state index is 12.5. The molecule has 0 aliphatic carbocycles. The minimum absolute atomic E-state index is 0. The first-order valence-electron chi connectivity index (χ1n) is 5.48. The largest absolute Gasteiger partial charge is 1.00 e. The van der Waals surface area contributed by atoms with Crippen LogP contribution in [0, 0.1) is 0 Å². The van der Waals surface area contributed by atoms with Gasteiger partial charge in [0.05, 0.1) is 11.8 Å². The molecule has 102 valence electrons. The van der Waals surface area contributed by atoms with Crippen molar-refractivity contribution in [2.75, 3.05) is 0 Å². The van der Waals surface area contributed by atoms with Crippen molar-refractivity contribution in [2.45, 2.75) is 39.2 Å². The molecular formula is C10H15BF3KN2O2. The molecule has 1 aromatic heterocycles. The van der Waals surface area contributed by atoms with Gasteiger partial charge < -0.3 is 17.7 Å². The SMILES string of the molecule is CC(n1cc(C(=O)OC(C)(C)C)cn1)[B-](F)(F)F.[K+]. The molecule has 1 unspecified atom stereocenters. The van der Waals surface area contributed by atoms with Gasteiger partial charge in [0.15, 0.2) is 0 Å². The normalized spacial score (nSPS) is 13.6. The molecule has 0 aliphatic rings. The average Bonchev–Trinajstić information content (AvgIpc) is 2.60. The average molecular weight is 302 g/mol. The summed E-state index contributed by atoms with van der Waals surface area (Å²) in [5.74, 6) is -2.41. The summed E-state index contributed by atoms with van der Waals surface area (Å²) < 4.78 is 43.3. The second-order valence-corrected chi connectivity index (χ2v) is 5.08. The molecule has 0 N–H and O–H groups in total. The summed E-state index contributed by atoms with van der Waals surface area (Å²) in [6, 6.07) is 0. The molecule has 0 fully saturated rings. The van der Waals surface area contributed by atoms with E-state index in [4.69, 9.17) is 4.74 Å². The smallest absolute Gasteiger partial charge is 0.456 e. The molecule has 19 heavy (non-hydrogen) atoms. The molecule has 0 saturated heterocycles. The van der Waals surface area contributed by atoms with Gasteiger partial charge in [0.2, 0.25) is 0 Å². The zero-order chi connectivity index (χ0) is 14.1. The summed E-state index contributed by atoms with van der Waals surface area (Å²) in [6.07, 6.45) is 2.13. The molecule has 9 heteroatoms. The Kier molecular flexibility index (Phi) is 6.81. The van der Waals surface area contributed by atoms with Gasteiger partial charge in [-0.1, -0.05) is 6.92 Å². The molecule has 0 spiro atoms. The van der Waals surface area contributed by atoms with Gasteiger partial charge in [-0.05, 0) is 20.8 Å². The predicted molar refractivity (Wildman–Crippen MR) is 61.2 cm³/mol. The van der Waals surface area contributed by atoms with E-state index in [0.29, 0.717) is 0 Å². The molecule has 0 aromatic carbocycles. The Morgan fingerprint density at radius 2 is 1.95 bits per heavy atom. The van der Waals surface area contributed by atoms with Gasteiger partial charge >= 0.3 is 64.3 Å². The monoisotopic (exact) mass is 302 g/mol. The van der Waals surface area contributed by atoms with Crippen LogP contribution in [0.3, 0.4) is 0 Å². The quantitative estimate of drug-likeness (QED) is 0.573. The van der Waals surface area contributed by atoms with Gasteiger partial charge in [0.25, 0.3) is 0 Å². The van der Waals surface area contributed by atoms with E-state index >= 15 is 0 Å². The minimum atomic E-state index is -5.04. The van der Waals surface area contributed by atoms with Crippen LogP contribution in [0.1, 0.15) is 44.0 Å². The van der Waals surface area contributed by atoms with Crippen LogP contribution in [0.5, 0.6) is 0 Å². The van der Waals surface area contributed by atoms with E-state index in [2.05, 4.69) is 5.10 Å². The van der Waals surface area contributed by atoms with Gasteiger partial charge in [-0.15, -0.1) is 0 Å². The second-order valence-electron chi connectivity index (χ2n) is 5.08. The predicted octanol–water partition coefficient (Wildman–Crippen LogP) is -0.210. The van der Waals surface area contributed by atoms with Crippen molar-refractivity contribution in [2.24, 2.45) is 0 Å². The third kappa shape index (κ3) is 5.99. The van der Waals surface area contributed by atoms with Crippen molar-refractivity contribution in [1.82, 2.24) is 9.78 Å². The maximum absolute atomic E-state index is 12.5. The van der Waals surface area contributed by atoms with Crippen LogP contribution < -0.4 is 51.4 Å². The molecule has 1 rings (SSSR count). The zero-order valence-corrected chi connectivity index (χ0v) is 14.8. The number of hydrogen-bond donors (Lipinski definition) is 0. The van der Waals surface area contributed by atoms with Crippen LogP contribution in [-0.2, 0) is 4.74 Å². The number of hydrogen-bond acceptors (Lipinski definition) is 3. The van der Waals surface area contributed by atoms with Crippen LogP contribution in [-0.4, -0.2) is 28.3 Å². The maximum Gasteiger partial charge on any atom is 1.00 e. The fourth-order valence-corrected chi connectivity index (χ4v) is 1.18. The zero-order valence-electron chi connectivity index (χ0n) is 11.7. The standard InChI is InChI=1S/C10H15BF3N2O2.K/c1-7(11(12,13)14)16-6-8(5-15-16)9(17)18-10(2,3)4;/h5-7H,1-4H3;/q-1;+1. The second kappa shape index (κ2) is 6.75. The van der Waals surface area contributed by atoms with Crippen LogP contribution in [0.15, 0.2) is 12.4 Å². The summed E-state index contributed by atoms with van der Waals surface area (Å²) in [5.41, 5.74) is -0.685. The minimum Gasteiger partial charge on any atom is -0.456 e. The fraction of sp³-hybridized carbons (Fsp3) is 0.600. The molecular weight excluding hydrogens is 287 g/mol. The molecule has 1 aromatic rings. The van der Waals surface area contributed by atoms with Gasteiger partial charge in [-0.3, -0.25) is 4.68 Å². The number of esters is 1. The Bertz CT molecular complexity index is 443. The third-order valence-corrected chi connectivity index (χ3v) is 2.20. The van der Waals surface area contributed by atoms with Crippen molar-refractivity contribution in [3.05, 3.63) is 18.0 Å². The summed E-state index contributed by atoms with van der Waals surface area (Å²) in [5, 5.41) is 3.55. The number of halogens is 3. The first kappa shape index (κ1) is 19.2. The van der Waals surface area contributed by atoms with Gasteiger partial charge in [-0.25, -0.2) is 4.79 Å². The Morgan fingerprint density at radius 1 is 1.42 bits per heavy atom. The number of ether oxygens (including phenoxy) is 1. The van der Waals surface area contributed by atoms with Crippen molar-refractivity contribution < 1.29 is 73.9 Å². The summed E-state index contributed by atoms with van der Waals surface area (Å²) in [4.78, 5) is 11.6. The Balaban J connectivity index is 0.00000324. The van der Waals surface area contributed by atoms with Crippen molar-refractivity contribution in [1.29, 1.82) is 0 Å². The van der Waals surface area contributed by atoms with E-state index in [1.807, 2.05) is 0 Å². The molecule has 0 bridgehead atoms. The number of carbonyl (C=O) groups excluding carboxylic acids is 1. The molecule has 0 saturated carbocycles. The summed E-state index contributed by atoms with van der Waals surface area (Å²) in [7, 11) is 0. The third-order valence-electron chi connectivity index (χ3n) is 2.20. The molecule has 0 aliphatic heterocycles. The van der Waals surface area contributed by atoms with Crippen molar-refractivity contribution in [3.8, 4) is 0 Å². The van der Waals surface area contributed by atoms with Crippen LogP contribution in [0.2, 0.25) is 0 Å². The Morgan fingerprint density at radius 3 is 2.37 bits per heavy atom. The Hall–Kier alpha value is 0.171. The van der Waals surface area contributed by atoms with Gasteiger partial charge in [-0.2, -0.15) is 5.10 Å². The molecule has 1 atom stereocenters. The van der Waals surface area contributed by atoms with E-state index in [-0.39, 0.29) is 56.9 Å². The van der Waals surface area contributed by atoms with E-state index < -0.39 is 24.5 Å². The fourth-order valence-electron chi connectivity index (χ4n) is 1.18. The van der Waals surface area contributed by atoms with E-state index in [9.17, 15) is 17.7 Å². The molecule has 1 heterocycles. The van der Waals surface area contributed by atoms with Gasteiger partial charge in [0, 0.05) is 12.1 Å². The van der Waals surface area contributed by atoms with E-state index in [1.54, 1.807) is 20.8 Å². The van der Waals surface area contributed by atoms with E-state index in [1.165, 1.54) is 0 Å². The first-order chi connectivity index (χ1) is 8.00. The first-order valence-corrected chi connectivity index (χ1v) is 5.48. The topological polar surface area (TPSA) is 44.1 Å². The molecule has 4 nitrogen and oxygen atoms in total. The summed E-state index contributed by atoms with van der Waals surface area (Å²) >= 11 is 0. The summed E-state index contributed by atoms with van der Waals surface area (Å²) in [6.45, 7) is 0.981. The molecule has 0 radical (unpaired) electrons.